The van der Waals surface area contributed by atoms with Gasteiger partial charge in [0, 0.05) is 12.2 Å². The summed E-state index contributed by atoms with van der Waals surface area (Å²) in [4.78, 5) is 0.302. The van der Waals surface area contributed by atoms with Gasteiger partial charge in [0.15, 0.2) is 0 Å². The summed E-state index contributed by atoms with van der Waals surface area (Å²) in [5, 5.41) is 8.31. The van der Waals surface area contributed by atoms with Crippen molar-refractivity contribution in [1.82, 2.24) is 0 Å². The average Bonchev–Trinajstić information content (AvgIpc) is 2.18. The third-order valence-corrected chi connectivity index (χ3v) is 5.30. The highest BCUT2D eigenvalue weighted by molar-refractivity contribution is 8.72. The molecule has 0 atom stereocenters. The van der Waals surface area contributed by atoms with Crippen LogP contribution in [0.3, 0.4) is 0 Å². The maximum absolute atomic E-state index is 11.7. The van der Waals surface area contributed by atoms with Crippen LogP contribution in [0.2, 0.25) is 0 Å². The van der Waals surface area contributed by atoms with Gasteiger partial charge >= 0.3 is 0 Å². The molecule has 0 bridgehead atoms. The molecular formula is C10H11NO2S2. The molecule has 80 valence electrons. The second-order valence-corrected chi connectivity index (χ2v) is 7.04. The van der Waals surface area contributed by atoms with E-state index < -0.39 is 8.87 Å². The maximum Gasteiger partial charge on any atom is 0.230 e. The molecule has 0 heterocycles. The van der Waals surface area contributed by atoms with E-state index in [9.17, 15) is 8.42 Å². The quantitative estimate of drug-likeness (QED) is 0.599. The SMILES string of the molecule is Cc1ccc(S(=O)(=O)SCCC#N)cc1. The van der Waals surface area contributed by atoms with Crippen LogP contribution in [0.5, 0.6) is 0 Å². The molecule has 15 heavy (non-hydrogen) atoms. The van der Waals surface area contributed by atoms with Crippen LogP contribution < -0.4 is 0 Å². The van der Waals surface area contributed by atoms with Crippen LogP contribution >= 0.6 is 10.8 Å². The topological polar surface area (TPSA) is 57.9 Å². The van der Waals surface area contributed by atoms with Gasteiger partial charge in [0.2, 0.25) is 8.87 Å². The lowest BCUT2D eigenvalue weighted by Gasteiger charge is -2.02. The van der Waals surface area contributed by atoms with E-state index in [1.54, 1.807) is 24.3 Å². The molecule has 0 aliphatic rings. The Kier molecular flexibility index (Phi) is 4.18. The fraction of sp³-hybridized carbons (Fsp3) is 0.300. The highest BCUT2D eigenvalue weighted by atomic mass is 33.1. The number of nitriles is 1. The smallest absolute Gasteiger partial charge is 0.212 e. The van der Waals surface area contributed by atoms with Gasteiger partial charge in [-0.2, -0.15) is 5.26 Å². The Bertz CT molecular complexity index is 457. The minimum absolute atomic E-state index is 0.246. The third kappa shape index (κ3) is 3.57. The summed E-state index contributed by atoms with van der Waals surface area (Å²) in [6, 6.07) is 8.61. The zero-order chi connectivity index (χ0) is 11.3. The van der Waals surface area contributed by atoms with Crippen LogP contribution in [0.25, 0.3) is 0 Å². The normalized spacial score (nSPS) is 10.9. The van der Waals surface area contributed by atoms with Crippen molar-refractivity contribution in [2.24, 2.45) is 0 Å². The van der Waals surface area contributed by atoms with E-state index >= 15 is 0 Å². The Labute approximate surface area is 93.4 Å². The standard InChI is InChI=1S/C10H11NO2S2/c1-9-3-5-10(6-4-9)15(12,13)14-8-2-7-11/h3-6H,2,8H2,1H3. The van der Waals surface area contributed by atoms with E-state index in [0.29, 0.717) is 10.6 Å². The molecule has 1 aromatic rings. The Morgan fingerprint density at radius 1 is 1.33 bits per heavy atom. The molecular weight excluding hydrogens is 230 g/mol. The summed E-state index contributed by atoms with van der Waals surface area (Å²) in [6.45, 7) is 1.90. The van der Waals surface area contributed by atoms with Crippen molar-refractivity contribution in [2.45, 2.75) is 18.2 Å². The molecule has 0 saturated heterocycles. The second-order valence-electron chi connectivity index (χ2n) is 3.00. The number of benzene rings is 1. The van der Waals surface area contributed by atoms with E-state index in [0.717, 1.165) is 16.4 Å². The van der Waals surface area contributed by atoms with Gasteiger partial charge in [-0.25, -0.2) is 8.42 Å². The summed E-state index contributed by atoms with van der Waals surface area (Å²) < 4.78 is 23.3. The van der Waals surface area contributed by atoms with Gasteiger partial charge in [0.05, 0.1) is 11.0 Å². The van der Waals surface area contributed by atoms with Gasteiger partial charge in [-0.3, -0.25) is 0 Å². The first kappa shape index (κ1) is 12.1. The van der Waals surface area contributed by atoms with Crippen molar-refractivity contribution in [1.29, 1.82) is 5.26 Å². The third-order valence-electron chi connectivity index (χ3n) is 1.76. The van der Waals surface area contributed by atoms with Crippen LogP contribution in [0.1, 0.15) is 12.0 Å². The number of rotatable bonds is 4. The van der Waals surface area contributed by atoms with Gasteiger partial charge in [-0.05, 0) is 29.9 Å². The van der Waals surface area contributed by atoms with E-state index in [-0.39, 0.29) is 6.42 Å². The van der Waals surface area contributed by atoms with Crippen LogP contribution in [-0.2, 0) is 8.87 Å². The number of hydrogen-bond donors (Lipinski definition) is 0. The maximum atomic E-state index is 11.7. The molecule has 1 rings (SSSR count). The number of nitrogens with zero attached hydrogens (tertiary/aromatic N) is 1. The van der Waals surface area contributed by atoms with Gasteiger partial charge in [-0.1, -0.05) is 17.7 Å². The summed E-state index contributed by atoms with van der Waals surface area (Å²) in [5.41, 5.74) is 1.02. The highest BCUT2D eigenvalue weighted by Gasteiger charge is 2.13. The molecule has 0 radical (unpaired) electrons. The summed E-state index contributed by atoms with van der Waals surface area (Å²) in [7, 11) is -2.47. The average molecular weight is 241 g/mol. The van der Waals surface area contributed by atoms with Crippen molar-refractivity contribution < 1.29 is 8.42 Å². The zero-order valence-corrected chi connectivity index (χ0v) is 9.94. The largest absolute Gasteiger partial charge is 0.230 e. The summed E-state index contributed by atoms with van der Waals surface area (Å²) in [5.74, 6) is 0.312. The first-order valence-corrected chi connectivity index (χ1v) is 7.38. The van der Waals surface area contributed by atoms with Crippen molar-refractivity contribution >= 4 is 19.7 Å². The monoisotopic (exact) mass is 241 g/mol. The van der Waals surface area contributed by atoms with Gasteiger partial charge in [0.25, 0.3) is 0 Å². The minimum Gasteiger partial charge on any atom is -0.212 e. The second kappa shape index (κ2) is 5.19. The Morgan fingerprint density at radius 3 is 2.47 bits per heavy atom. The zero-order valence-electron chi connectivity index (χ0n) is 8.30. The molecule has 0 aliphatic heterocycles. The van der Waals surface area contributed by atoms with Crippen molar-refractivity contribution in [3.8, 4) is 6.07 Å². The van der Waals surface area contributed by atoms with E-state index in [1.807, 2.05) is 13.0 Å². The summed E-state index contributed by atoms with van der Waals surface area (Å²) in [6.07, 6.45) is 0.246. The predicted molar refractivity (Wildman–Crippen MR) is 61.1 cm³/mol. The minimum atomic E-state index is -3.28. The Hall–Kier alpha value is -0.990. The molecule has 5 heteroatoms. The lowest BCUT2D eigenvalue weighted by molar-refractivity contribution is 0.610. The molecule has 0 unspecified atom stereocenters. The van der Waals surface area contributed by atoms with Crippen molar-refractivity contribution in [2.75, 3.05) is 5.75 Å². The molecule has 0 aromatic heterocycles. The lowest BCUT2D eigenvalue weighted by atomic mass is 10.2. The van der Waals surface area contributed by atoms with Gasteiger partial charge < -0.3 is 0 Å². The van der Waals surface area contributed by atoms with E-state index in [4.69, 9.17) is 5.26 Å². The first-order valence-electron chi connectivity index (χ1n) is 4.39. The first-order chi connectivity index (χ1) is 7.06. The van der Waals surface area contributed by atoms with Crippen molar-refractivity contribution in [3.05, 3.63) is 29.8 Å². The number of aryl methyl sites for hydroxylation is 1. The fourth-order valence-corrected chi connectivity index (χ4v) is 3.62. The van der Waals surface area contributed by atoms with Gasteiger partial charge in [0.1, 0.15) is 0 Å². The molecule has 0 saturated carbocycles. The molecule has 3 nitrogen and oxygen atoms in total. The van der Waals surface area contributed by atoms with Crippen LogP contribution in [0.4, 0.5) is 0 Å². The molecule has 0 fully saturated rings. The molecule has 0 spiro atoms. The molecule has 0 aliphatic carbocycles. The molecule has 0 amide bonds. The Balaban J connectivity index is 2.79. The van der Waals surface area contributed by atoms with Crippen LogP contribution in [0, 0.1) is 18.3 Å². The molecule has 1 aromatic carbocycles. The van der Waals surface area contributed by atoms with Crippen molar-refractivity contribution in [3.63, 3.8) is 0 Å². The van der Waals surface area contributed by atoms with E-state index in [2.05, 4.69) is 0 Å². The molecule has 0 N–H and O–H groups in total. The predicted octanol–water partition coefficient (Wildman–Crippen LogP) is 2.33. The van der Waals surface area contributed by atoms with E-state index in [1.165, 1.54) is 0 Å². The number of hydrogen-bond acceptors (Lipinski definition) is 4. The lowest BCUT2D eigenvalue weighted by Crippen LogP contribution is -1.96. The van der Waals surface area contributed by atoms with Gasteiger partial charge in [-0.15, -0.1) is 0 Å². The van der Waals surface area contributed by atoms with Crippen LogP contribution in [0.15, 0.2) is 29.2 Å². The van der Waals surface area contributed by atoms with Crippen LogP contribution in [-0.4, -0.2) is 14.2 Å². The fourth-order valence-electron chi connectivity index (χ4n) is 0.970. The summed E-state index contributed by atoms with van der Waals surface area (Å²) >= 11 is 0. The Morgan fingerprint density at radius 2 is 1.93 bits per heavy atom. The highest BCUT2D eigenvalue weighted by Crippen LogP contribution is 2.23.